The summed E-state index contributed by atoms with van der Waals surface area (Å²) in [5, 5.41) is 2.90. The van der Waals surface area contributed by atoms with Crippen LogP contribution in [0.25, 0.3) is 0 Å². The number of hydrogen-bond acceptors (Lipinski definition) is 3. The highest BCUT2D eigenvalue weighted by molar-refractivity contribution is 5.85. The minimum Gasteiger partial charge on any atom is -0.354 e. The molecule has 5 nitrogen and oxygen atoms in total. The number of likely N-dealkylation sites (tertiary alicyclic amines) is 1. The van der Waals surface area contributed by atoms with Gasteiger partial charge in [0.05, 0.1) is 0 Å². The predicted octanol–water partition coefficient (Wildman–Crippen LogP) is 1.69. The van der Waals surface area contributed by atoms with Crippen LogP contribution in [-0.2, 0) is 9.59 Å². The Kier molecular flexibility index (Phi) is 10.4. The SMILES string of the molecule is CCC(CC)C(=O)N1CCCCC1CNC(=O)CCN.Cl. The van der Waals surface area contributed by atoms with Crippen molar-refractivity contribution in [1.82, 2.24) is 10.2 Å². The van der Waals surface area contributed by atoms with Crippen molar-refractivity contribution in [2.75, 3.05) is 19.6 Å². The van der Waals surface area contributed by atoms with Crippen LogP contribution in [0, 0.1) is 5.92 Å². The van der Waals surface area contributed by atoms with E-state index in [9.17, 15) is 9.59 Å². The summed E-state index contributed by atoms with van der Waals surface area (Å²) in [7, 11) is 0. The number of nitrogens with two attached hydrogens (primary N) is 1. The first-order chi connectivity index (χ1) is 9.63. The molecule has 0 aliphatic carbocycles. The molecule has 0 spiro atoms. The first-order valence-electron chi connectivity index (χ1n) is 7.91. The zero-order chi connectivity index (χ0) is 15.0. The van der Waals surface area contributed by atoms with Crippen LogP contribution in [0.1, 0.15) is 52.4 Å². The van der Waals surface area contributed by atoms with Crippen molar-refractivity contribution in [2.45, 2.75) is 58.4 Å². The zero-order valence-corrected chi connectivity index (χ0v) is 14.1. The molecule has 0 aromatic carbocycles. The second-order valence-electron chi connectivity index (χ2n) is 5.54. The first kappa shape index (κ1) is 20.2. The zero-order valence-electron chi connectivity index (χ0n) is 13.3. The van der Waals surface area contributed by atoms with E-state index < -0.39 is 0 Å². The molecule has 1 atom stereocenters. The summed E-state index contributed by atoms with van der Waals surface area (Å²) in [6.07, 6.45) is 5.31. The molecule has 0 saturated carbocycles. The third-order valence-corrected chi connectivity index (χ3v) is 4.15. The van der Waals surface area contributed by atoms with Crippen LogP contribution in [0.2, 0.25) is 0 Å². The van der Waals surface area contributed by atoms with Gasteiger partial charge in [0.15, 0.2) is 0 Å². The maximum atomic E-state index is 12.5. The Hall–Kier alpha value is -0.810. The van der Waals surface area contributed by atoms with Gasteiger partial charge in [-0.25, -0.2) is 0 Å². The lowest BCUT2D eigenvalue weighted by Gasteiger charge is -2.37. The van der Waals surface area contributed by atoms with Crippen LogP contribution < -0.4 is 11.1 Å². The molecule has 0 radical (unpaired) electrons. The number of carbonyl (C=O) groups excluding carboxylic acids is 2. The summed E-state index contributed by atoms with van der Waals surface area (Å²) in [6, 6.07) is 0.151. The molecule has 1 rings (SSSR count). The van der Waals surface area contributed by atoms with Gasteiger partial charge in [-0.05, 0) is 32.1 Å². The van der Waals surface area contributed by atoms with Crippen LogP contribution in [0.4, 0.5) is 0 Å². The van der Waals surface area contributed by atoms with Gasteiger partial charge < -0.3 is 16.0 Å². The fraction of sp³-hybridized carbons (Fsp3) is 0.867. The van der Waals surface area contributed by atoms with E-state index in [4.69, 9.17) is 5.73 Å². The molecular formula is C15H30ClN3O2. The number of amides is 2. The maximum absolute atomic E-state index is 12.5. The van der Waals surface area contributed by atoms with E-state index in [0.717, 1.165) is 38.6 Å². The van der Waals surface area contributed by atoms with Gasteiger partial charge in [-0.2, -0.15) is 0 Å². The summed E-state index contributed by atoms with van der Waals surface area (Å²) in [6.45, 7) is 5.88. The van der Waals surface area contributed by atoms with Gasteiger partial charge in [0.1, 0.15) is 0 Å². The second kappa shape index (κ2) is 10.9. The highest BCUT2D eigenvalue weighted by atomic mass is 35.5. The predicted molar refractivity (Wildman–Crippen MR) is 87.4 cm³/mol. The van der Waals surface area contributed by atoms with Crippen molar-refractivity contribution >= 4 is 24.2 Å². The Morgan fingerprint density at radius 3 is 2.52 bits per heavy atom. The normalized spacial score (nSPS) is 18.3. The molecule has 0 aromatic rings. The molecule has 1 unspecified atom stereocenters. The Bertz CT molecular complexity index is 322. The van der Waals surface area contributed by atoms with E-state index in [2.05, 4.69) is 19.2 Å². The monoisotopic (exact) mass is 319 g/mol. The van der Waals surface area contributed by atoms with E-state index in [1.54, 1.807) is 0 Å². The van der Waals surface area contributed by atoms with Crippen molar-refractivity contribution in [3.8, 4) is 0 Å². The fourth-order valence-corrected chi connectivity index (χ4v) is 2.83. The van der Waals surface area contributed by atoms with Crippen LogP contribution in [0.15, 0.2) is 0 Å². The average Bonchev–Trinajstić information content (AvgIpc) is 2.47. The molecule has 3 N–H and O–H groups in total. The third kappa shape index (κ3) is 6.22. The van der Waals surface area contributed by atoms with Crippen LogP contribution >= 0.6 is 12.4 Å². The van der Waals surface area contributed by atoms with E-state index in [1.165, 1.54) is 0 Å². The molecule has 21 heavy (non-hydrogen) atoms. The number of halogens is 1. The number of hydrogen-bond donors (Lipinski definition) is 2. The first-order valence-corrected chi connectivity index (χ1v) is 7.91. The molecular weight excluding hydrogens is 290 g/mol. The van der Waals surface area contributed by atoms with E-state index in [1.807, 2.05) is 4.90 Å². The fourth-order valence-electron chi connectivity index (χ4n) is 2.83. The summed E-state index contributed by atoms with van der Waals surface area (Å²) in [4.78, 5) is 26.0. The summed E-state index contributed by atoms with van der Waals surface area (Å²) < 4.78 is 0. The highest BCUT2D eigenvalue weighted by Crippen LogP contribution is 2.21. The Balaban J connectivity index is 0.00000400. The van der Waals surface area contributed by atoms with Crippen molar-refractivity contribution in [3.05, 3.63) is 0 Å². The van der Waals surface area contributed by atoms with E-state index in [0.29, 0.717) is 19.5 Å². The summed E-state index contributed by atoms with van der Waals surface area (Å²) in [5.41, 5.74) is 5.36. The molecule has 1 heterocycles. The lowest BCUT2D eigenvalue weighted by atomic mass is 9.96. The standard InChI is InChI=1S/C15H29N3O2.ClH/c1-3-12(4-2)15(20)18-10-6-5-7-13(18)11-17-14(19)8-9-16;/h12-13H,3-11,16H2,1-2H3,(H,17,19);1H. The number of nitrogens with zero attached hydrogens (tertiary/aromatic N) is 1. The molecule has 6 heteroatoms. The van der Waals surface area contributed by atoms with Gasteiger partial charge in [-0.3, -0.25) is 9.59 Å². The number of rotatable bonds is 7. The quantitative estimate of drug-likeness (QED) is 0.750. The average molecular weight is 320 g/mol. The van der Waals surface area contributed by atoms with E-state index in [-0.39, 0.29) is 36.2 Å². The second-order valence-corrected chi connectivity index (χ2v) is 5.54. The summed E-state index contributed by atoms with van der Waals surface area (Å²) in [5.74, 6) is 0.358. The van der Waals surface area contributed by atoms with Crippen molar-refractivity contribution in [2.24, 2.45) is 11.7 Å². The Labute approximate surface area is 134 Å². The number of piperidine rings is 1. The minimum atomic E-state index is -0.0204. The van der Waals surface area contributed by atoms with Gasteiger partial charge in [0.25, 0.3) is 0 Å². The lowest BCUT2D eigenvalue weighted by Crippen LogP contribution is -2.51. The smallest absolute Gasteiger partial charge is 0.225 e. The molecule has 124 valence electrons. The molecule has 0 bridgehead atoms. The van der Waals surface area contributed by atoms with Gasteiger partial charge in [-0.1, -0.05) is 13.8 Å². The van der Waals surface area contributed by atoms with Gasteiger partial charge in [0, 0.05) is 38.0 Å². The lowest BCUT2D eigenvalue weighted by molar-refractivity contribution is -0.140. The van der Waals surface area contributed by atoms with Crippen LogP contribution in [0.5, 0.6) is 0 Å². The summed E-state index contributed by atoms with van der Waals surface area (Å²) >= 11 is 0. The van der Waals surface area contributed by atoms with Crippen molar-refractivity contribution in [1.29, 1.82) is 0 Å². The number of nitrogens with one attached hydrogen (secondary N) is 1. The highest BCUT2D eigenvalue weighted by Gasteiger charge is 2.30. The van der Waals surface area contributed by atoms with Gasteiger partial charge >= 0.3 is 0 Å². The van der Waals surface area contributed by atoms with Crippen molar-refractivity contribution in [3.63, 3.8) is 0 Å². The van der Waals surface area contributed by atoms with Crippen LogP contribution in [0.3, 0.4) is 0 Å². The minimum absolute atomic E-state index is 0. The maximum Gasteiger partial charge on any atom is 0.225 e. The molecule has 1 aliphatic rings. The largest absolute Gasteiger partial charge is 0.354 e. The Morgan fingerprint density at radius 1 is 1.29 bits per heavy atom. The topological polar surface area (TPSA) is 75.4 Å². The molecule has 1 fully saturated rings. The van der Waals surface area contributed by atoms with Gasteiger partial charge in [-0.15, -0.1) is 12.4 Å². The molecule has 1 aliphatic heterocycles. The molecule has 2 amide bonds. The van der Waals surface area contributed by atoms with Crippen molar-refractivity contribution < 1.29 is 9.59 Å². The van der Waals surface area contributed by atoms with Gasteiger partial charge in [0.2, 0.25) is 11.8 Å². The number of carbonyl (C=O) groups is 2. The molecule has 0 aromatic heterocycles. The van der Waals surface area contributed by atoms with Crippen LogP contribution in [-0.4, -0.2) is 42.4 Å². The Morgan fingerprint density at radius 2 is 1.95 bits per heavy atom. The molecule has 1 saturated heterocycles. The van der Waals surface area contributed by atoms with E-state index >= 15 is 0 Å². The third-order valence-electron chi connectivity index (χ3n) is 4.15.